The van der Waals surface area contributed by atoms with Crippen LogP contribution < -0.4 is 11.1 Å². The number of nitrogens with zero attached hydrogens (tertiary/aromatic N) is 5. The smallest absolute Gasteiger partial charge is 0.162 e. The molecule has 0 saturated carbocycles. The molecule has 0 bridgehead atoms. The van der Waals surface area contributed by atoms with Crippen LogP contribution in [0.3, 0.4) is 0 Å². The Bertz CT molecular complexity index is 1330. The zero-order valence-corrected chi connectivity index (χ0v) is 18.5. The fourth-order valence-electron chi connectivity index (χ4n) is 3.63. The summed E-state index contributed by atoms with van der Waals surface area (Å²) in [6.45, 7) is 0.605. The summed E-state index contributed by atoms with van der Waals surface area (Å²) in [6, 6.07) is 16.1. The molecule has 0 aliphatic heterocycles. The number of anilines is 1. The Morgan fingerprint density at radius 3 is 2.62 bits per heavy atom. The second-order valence-corrected chi connectivity index (χ2v) is 8.54. The predicted molar refractivity (Wildman–Crippen MR) is 129 cm³/mol. The molecule has 0 aliphatic carbocycles. The Morgan fingerprint density at radius 2 is 1.88 bits per heavy atom. The maximum absolute atomic E-state index is 6.42. The van der Waals surface area contributed by atoms with E-state index in [-0.39, 0.29) is 6.04 Å². The molecule has 160 valence electrons. The highest BCUT2D eigenvalue weighted by molar-refractivity contribution is 7.18. The van der Waals surface area contributed by atoms with Crippen molar-refractivity contribution in [2.45, 2.75) is 12.5 Å². The van der Waals surface area contributed by atoms with Gasteiger partial charge in [0.05, 0.1) is 15.9 Å². The van der Waals surface area contributed by atoms with E-state index in [0.29, 0.717) is 12.4 Å². The highest BCUT2D eigenvalue weighted by atomic mass is 32.1. The van der Waals surface area contributed by atoms with Gasteiger partial charge in [0.1, 0.15) is 5.82 Å². The minimum atomic E-state index is -0.0398. The van der Waals surface area contributed by atoms with Gasteiger partial charge >= 0.3 is 0 Å². The molecule has 0 aliphatic rings. The Hall–Kier alpha value is -3.62. The van der Waals surface area contributed by atoms with Gasteiger partial charge in [-0.15, -0.1) is 11.3 Å². The first-order valence-corrected chi connectivity index (χ1v) is 11.3. The lowest BCUT2D eigenvalue weighted by atomic mass is 10.1. The molecular weight excluding hydrogens is 418 g/mol. The Morgan fingerprint density at radius 1 is 1.06 bits per heavy atom. The van der Waals surface area contributed by atoms with Crippen molar-refractivity contribution in [2.75, 3.05) is 11.9 Å². The maximum Gasteiger partial charge on any atom is 0.162 e. The molecule has 4 aromatic heterocycles. The van der Waals surface area contributed by atoms with E-state index in [1.807, 2.05) is 49.6 Å². The second kappa shape index (κ2) is 8.86. The highest BCUT2D eigenvalue weighted by Crippen LogP contribution is 2.36. The number of hydrogen-bond donors (Lipinski definition) is 2. The molecule has 0 spiro atoms. The Labute approximate surface area is 190 Å². The molecule has 4 heterocycles. The van der Waals surface area contributed by atoms with Crippen LogP contribution >= 0.6 is 11.3 Å². The summed E-state index contributed by atoms with van der Waals surface area (Å²) in [7, 11) is 1.91. The van der Waals surface area contributed by atoms with Crippen LogP contribution in [-0.2, 0) is 13.5 Å². The third-order valence-corrected chi connectivity index (χ3v) is 6.19. The zero-order valence-electron chi connectivity index (χ0n) is 17.6. The van der Waals surface area contributed by atoms with E-state index < -0.39 is 0 Å². The van der Waals surface area contributed by atoms with Crippen LogP contribution in [0.5, 0.6) is 0 Å². The number of fused-ring (bicyclic) bond motifs is 1. The molecule has 0 fully saturated rings. The summed E-state index contributed by atoms with van der Waals surface area (Å²) in [6.07, 6.45) is 6.23. The molecule has 3 N–H and O–H groups in total. The van der Waals surface area contributed by atoms with E-state index in [9.17, 15) is 0 Å². The number of pyridine rings is 1. The number of hydrogen-bond acceptors (Lipinski definition) is 7. The average molecular weight is 442 g/mol. The van der Waals surface area contributed by atoms with Gasteiger partial charge in [-0.1, -0.05) is 30.3 Å². The van der Waals surface area contributed by atoms with Crippen LogP contribution in [0.2, 0.25) is 0 Å². The lowest BCUT2D eigenvalue weighted by Crippen LogP contribution is -2.31. The first kappa shape index (κ1) is 20.3. The molecule has 1 aromatic carbocycles. The van der Waals surface area contributed by atoms with Crippen LogP contribution in [0.4, 0.5) is 5.82 Å². The molecule has 1 atom stereocenters. The summed E-state index contributed by atoms with van der Waals surface area (Å²) in [5.74, 6) is 1.44. The predicted octanol–water partition coefficient (Wildman–Crippen LogP) is 4.14. The molecule has 5 rings (SSSR count). The quantitative estimate of drug-likeness (QED) is 0.394. The lowest BCUT2D eigenvalue weighted by molar-refractivity contribution is 0.698. The number of aryl methyl sites for hydroxylation is 1. The van der Waals surface area contributed by atoms with Crippen LogP contribution in [0.15, 0.2) is 72.5 Å². The Kier molecular flexibility index (Phi) is 5.62. The van der Waals surface area contributed by atoms with E-state index >= 15 is 0 Å². The van der Waals surface area contributed by atoms with Gasteiger partial charge in [0, 0.05) is 54.7 Å². The normalized spacial score (nSPS) is 12.2. The molecule has 0 amide bonds. The van der Waals surface area contributed by atoms with Crippen LogP contribution in [0, 0.1) is 0 Å². The standard InChI is InChI=1S/C24H23N7S/c1-31-12-9-20(30-31)19-15-32-22-21(19)28-23(17-7-10-26-11-8-17)29-24(22)27-14-18(25)13-16-5-3-2-4-6-16/h2-12,15,18H,13-14,25H2,1H3,(H,27,28,29)/t18-/m0/s1. The summed E-state index contributed by atoms with van der Waals surface area (Å²) in [4.78, 5) is 13.9. The van der Waals surface area contributed by atoms with Gasteiger partial charge in [-0.25, -0.2) is 9.97 Å². The van der Waals surface area contributed by atoms with Crippen molar-refractivity contribution in [3.63, 3.8) is 0 Å². The minimum Gasteiger partial charge on any atom is -0.367 e. The summed E-state index contributed by atoms with van der Waals surface area (Å²) in [5.41, 5.74) is 11.3. The van der Waals surface area contributed by atoms with Crippen molar-refractivity contribution in [1.82, 2.24) is 24.7 Å². The third-order valence-electron chi connectivity index (χ3n) is 5.22. The Balaban J connectivity index is 1.50. The monoisotopic (exact) mass is 441 g/mol. The molecule has 5 aromatic rings. The molecule has 0 unspecified atom stereocenters. The minimum absolute atomic E-state index is 0.0398. The van der Waals surface area contributed by atoms with Crippen molar-refractivity contribution >= 4 is 27.4 Å². The van der Waals surface area contributed by atoms with Gasteiger partial charge in [0.15, 0.2) is 5.82 Å². The largest absolute Gasteiger partial charge is 0.367 e. The van der Waals surface area contributed by atoms with Crippen molar-refractivity contribution in [3.8, 4) is 22.6 Å². The molecule has 32 heavy (non-hydrogen) atoms. The van der Waals surface area contributed by atoms with Gasteiger partial charge in [-0.05, 0) is 30.2 Å². The van der Waals surface area contributed by atoms with Gasteiger partial charge in [-0.2, -0.15) is 5.10 Å². The second-order valence-electron chi connectivity index (χ2n) is 7.66. The fourth-order valence-corrected chi connectivity index (χ4v) is 4.59. The van der Waals surface area contributed by atoms with Crippen molar-refractivity contribution in [3.05, 3.63) is 78.1 Å². The fraction of sp³-hybridized carbons (Fsp3) is 0.167. The molecular formula is C24H23N7S. The molecule has 8 heteroatoms. The van der Waals surface area contributed by atoms with E-state index in [1.165, 1.54) is 5.56 Å². The molecule has 7 nitrogen and oxygen atoms in total. The number of aromatic nitrogens is 5. The van der Waals surface area contributed by atoms with E-state index in [2.05, 4.69) is 32.9 Å². The topological polar surface area (TPSA) is 94.5 Å². The van der Waals surface area contributed by atoms with Crippen molar-refractivity contribution < 1.29 is 0 Å². The van der Waals surface area contributed by atoms with Crippen molar-refractivity contribution in [1.29, 1.82) is 0 Å². The maximum atomic E-state index is 6.42. The first-order chi connectivity index (χ1) is 15.7. The third kappa shape index (κ3) is 4.23. The lowest BCUT2D eigenvalue weighted by Gasteiger charge is -2.14. The highest BCUT2D eigenvalue weighted by Gasteiger charge is 2.17. The van der Waals surface area contributed by atoms with Gasteiger partial charge in [-0.3, -0.25) is 9.67 Å². The SMILES string of the molecule is Cn1ccc(-c2csc3c(NC[C@@H](N)Cc4ccccc4)nc(-c4ccncc4)nc23)n1. The number of thiophene rings is 1. The summed E-state index contributed by atoms with van der Waals surface area (Å²) in [5, 5.41) is 10.1. The number of nitrogens with one attached hydrogen (secondary N) is 1. The van der Waals surface area contributed by atoms with Crippen LogP contribution in [0.25, 0.3) is 32.9 Å². The summed E-state index contributed by atoms with van der Waals surface area (Å²) < 4.78 is 2.79. The van der Waals surface area contributed by atoms with Gasteiger partial charge < -0.3 is 11.1 Å². The van der Waals surface area contributed by atoms with E-state index in [1.54, 1.807) is 28.4 Å². The zero-order chi connectivity index (χ0) is 21.9. The van der Waals surface area contributed by atoms with Crippen LogP contribution in [-0.4, -0.2) is 37.3 Å². The summed E-state index contributed by atoms with van der Waals surface area (Å²) >= 11 is 1.61. The molecule has 0 radical (unpaired) electrons. The van der Waals surface area contributed by atoms with E-state index in [4.69, 9.17) is 15.7 Å². The van der Waals surface area contributed by atoms with Crippen LogP contribution in [0.1, 0.15) is 5.56 Å². The van der Waals surface area contributed by atoms with Gasteiger partial charge in [0.2, 0.25) is 0 Å². The van der Waals surface area contributed by atoms with E-state index in [0.717, 1.165) is 39.3 Å². The number of nitrogens with two attached hydrogens (primary N) is 1. The van der Waals surface area contributed by atoms with Crippen molar-refractivity contribution in [2.24, 2.45) is 12.8 Å². The average Bonchev–Trinajstić information content (AvgIpc) is 3.44. The number of rotatable bonds is 7. The molecule has 0 saturated heterocycles. The number of benzene rings is 1. The first-order valence-electron chi connectivity index (χ1n) is 10.4. The van der Waals surface area contributed by atoms with Gasteiger partial charge in [0.25, 0.3) is 0 Å².